The molecule has 0 radical (unpaired) electrons. The Morgan fingerprint density at radius 3 is 3.09 bits per heavy atom. The summed E-state index contributed by atoms with van der Waals surface area (Å²) in [5, 5.41) is 15.6. The van der Waals surface area contributed by atoms with Crippen LogP contribution in [0.15, 0.2) is 40.8 Å². The van der Waals surface area contributed by atoms with Gasteiger partial charge < -0.3 is 4.98 Å². The quantitative estimate of drug-likeness (QED) is 0.445. The zero-order valence-electron chi connectivity index (χ0n) is 12.4. The van der Waals surface area contributed by atoms with Crippen LogP contribution in [0.5, 0.6) is 0 Å². The van der Waals surface area contributed by atoms with E-state index in [2.05, 4.69) is 55.8 Å². The molecule has 0 saturated heterocycles. The molecule has 0 bridgehead atoms. The molecule has 3 aromatic heterocycles. The summed E-state index contributed by atoms with van der Waals surface area (Å²) in [6, 6.07) is 10.3. The van der Waals surface area contributed by atoms with Gasteiger partial charge in [0.2, 0.25) is 0 Å². The molecular weight excluding hydrogens is 308 g/mol. The number of thiophene rings is 1. The Kier molecular flexibility index (Phi) is 3.47. The summed E-state index contributed by atoms with van der Waals surface area (Å²) in [4.78, 5) is 8.77. The van der Waals surface area contributed by atoms with E-state index in [1.165, 1.54) is 5.56 Å². The van der Waals surface area contributed by atoms with Gasteiger partial charge in [0, 0.05) is 15.8 Å². The number of nitrogens with zero attached hydrogens (tertiary/aromatic N) is 4. The molecule has 4 aromatic rings. The molecule has 0 saturated carbocycles. The van der Waals surface area contributed by atoms with Crippen molar-refractivity contribution in [3.05, 3.63) is 46.2 Å². The molecule has 0 spiro atoms. The van der Waals surface area contributed by atoms with Gasteiger partial charge in [0.05, 0.1) is 6.21 Å². The van der Waals surface area contributed by atoms with Crippen LogP contribution in [0.25, 0.3) is 22.1 Å². The van der Waals surface area contributed by atoms with E-state index < -0.39 is 0 Å². The molecule has 0 atom stereocenters. The molecule has 0 aliphatic carbocycles. The van der Waals surface area contributed by atoms with Crippen LogP contribution in [0.3, 0.4) is 0 Å². The Labute approximate surface area is 136 Å². The topological polar surface area (TPSA) is 78.9 Å². The highest BCUT2D eigenvalue weighted by molar-refractivity contribution is 7.11. The number of hydrogen-bond donors (Lipinski definition) is 2. The van der Waals surface area contributed by atoms with E-state index in [-0.39, 0.29) is 0 Å². The van der Waals surface area contributed by atoms with E-state index >= 15 is 0 Å². The Morgan fingerprint density at radius 1 is 1.30 bits per heavy atom. The number of aromatic amines is 1. The van der Waals surface area contributed by atoms with E-state index in [4.69, 9.17) is 0 Å². The largest absolute Gasteiger partial charge is 0.338 e. The van der Waals surface area contributed by atoms with Crippen molar-refractivity contribution in [2.45, 2.75) is 13.3 Å². The lowest BCUT2D eigenvalue weighted by molar-refractivity contribution is 1.01. The van der Waals surface area contributed by atoms with Gasteiger partial charge in [-0.2, -0.15) is 10.1 Å². The Bertz CT molecular complexity index is 987. The minimum atomic E-state index is 0.368. The van der Waals surface area contributed by atoms with Gasteiger partial charge in [-0.25, -0.2) is 5.43 Å². The lowest BCUT2D eigenvalue weighted by Crippen LogP contribution is -1.98. The fourth-order valence-electron chi connectivity index (χ4n) is 2.40. The van der Waals surface area contributed by atoms with Crippen LogP contribution >= 0.6 is 11.3 Å². The van der Waals surface area contributed by atoms with E-state index in [9.17, 15) is 0 Å². The normalized spacial score (nSPS) is 11.7. The molecule has 2 N–H and O–H groups in total. The van der Waals surface area contributed by atoms with Gasteiger partial charge in [0.15, 0.2) is 5.65 Å². The molecule has 3 heterocycles. The molecule has 0 aliphatic rings. The summed E-state index contributed by atoms with van der Waals surface area (Å²) in [7, 11) is 0. The number of hydrogen-bond acceptors (Lipinski definition) is 6. The first-order valence-corrected chi connectivity index (χ1v) is 8.19. The van der Waals surface area contributed by atoms with Gasteiger partial charge >= 0.3 is 0 Å². The van der Waals surface area contributed by atoms with Crippen LogP contribution in [-0.4, -0.2) is 26.4 Å². The maximum Gasteiger partial charge on any atom is 0.265 e. The molecule has 7 heteroatoms. The van der Waals surface area contributed by atoms with Gasteiger partial charge in [-0.1, -0.05) is 19.1 Å². The second-order valence-corrected chi connectivity index (χ2v) is 6.06. The zero-order chi connectivity index (χ0) is 15.6. The van der Waals surface area contributed by atoms with Crippen molar-refractivity contribution in [2.75, 3.05) is 5.43 Å². The first-order chi connectivity index (χ1) is 11.3. The number of hydrazone groups is 1. The lowest BCUT2D eigenvalue weighted by atomic mass is 10.1. The number of rotatable bonds is 4. The van der Waals surface area contributed by atoms with Crippen LogP contribution < -0.4 is 5.43 Å². The van der Waals surface area contributed by atoms with Crippen molar-refractivity contribution in [1.29, 1.82) is 0 Å². The summed E-state index contributed by atoms with van der Waals surface area (Å²) in [6.45, 7) is 2.13. The highest BCUT2D eigenvalue weighted by Crippen LogP contribution is 2.23. The number of nitrogens with one attached hydrogen (secondary N) is 2. The van der Waals surface area contributed by atoms with E-state index in [1.54, 1.807) is 17.6 Å². The number of fused-ring (bicyclic) bond motifs is 3. The smallest absolute Gasteiger partial charge is 0.265 e. The Morgan fingerprint density at radius 2 is 2.26 bits per heavy atom. The molecule has 114 valence electrons. The third kappa shape index (κ3) is 2.66. The second-order valence-electron chi connectivity index (χ2n) is 5.08. The summed E-state index contributed by atoms with van der Waals surface area (Å²) in [5.41, 5.74) is 6.58. The lowest BCUT2D eigenvalue weighted by Gasteiger charge is -1.97. The maximum atomic E-state index is 4.44. The predicted molar refractivity (Wildman–Crippen MR) is 94.1 cm³/mol. The van der Waals surface area contributed by atoms with Crippen LogP contribution in [-0.2, 0) is 6.42 Å². The average Bonchev–Trinajstić information content (AvgIpc) is 3.21. The number of anilines is 1. The van der Waals surface area contributed by atoms with Crippen molar-refractivity contribution in [3.8, 4) is 0 Å². The Hall–Kier alpha value is -2.80. The van der Waals surface area contributed by atoms with Gasteiger partial charge in [-0.3, -0.25) is 0 Å². The summed E-state index contributed by atoms with van der Waals surface area (Å²) >= 11 is 1.62. The minimum Gasteiger partial charge on any atom is -0.338 e. The molecule has 4 rings (SSSR count). The Balaban J connectivity index is 1.66. The molecule has 6 nitrogen and oxygen atoms in total. The first-order valence-electron chi connectivity index (χ1n) is 7.31. The van der Waals surface area contributed by atoms with Crippen molar-refractivity contribution in [3.63, 3.8) is 0 Å². The first kappa shape index (κ1) is 13.8. The van der Waals surface area contributed by atoms with Gasteiger partial charge in [0.25, 0.3) is 5.95 Å². The van der Waals surface area contributed by atoms with Crippen LogP contribution in [0.4, 0.5) is 5.95 Å². The van der Waals surface area contributed by atoms with Crippen molar-refractivity contribution < 1.29 is 0 Å². The van der Waals surface area contributed by atoms with Crippen LogP contribution in [0.1, 0.15) is 17.4 Å². The molecule has 1 aromatic carbocycles. The van der Waals surface area contributed by atoms with Gasteiger partial charge in [0.1, 0.15) is 5.52 Å². The molecule has 0 unspecified atom stereocenters. The van der Waals surface area contributed by atoms with E-state index in [1.807, 2.05) is 17.5 Å². The van der Waals surface area contributed by atoms with E-state index in [0.717, 1.165) is 27.7 Å². The number of H-pyrrole nitrogens is 1. The fraction of sp³-hybridized carbons (Fsp3) is 0.125. The third-order valence-electron chi connectivity index (χ3n) is 3.59. The number of aryl methyl sites for hydroxylation is 1. The standard InChI is InChI=1S/C16H14N6S/c1-2-10-5-6-13-12(8-10)14-15(18-13)19-16(22-20-14)21-17-9-11-4-3-7-23-11/h3-9H,2H2,1H3,(H2,18,19,21,22)/b17-9+. The maximum absolute atomic E-state index is 4.44. The number of aromatic nitrogens is 4. The van der Waals surface area contributed by atoms with Crippen molar-refractivity contribution >= 4 is 45.6 Å². The molecular formula is C16H14N6S. The molecule has 0 aliphatic heterocycles. The van der Waals surface area contributed by atoms with E-state index in [0.29, 0.717) is 11.6 Å². The second kappa shape index (κ2) is 5.77. The highest BCUT2D eigenvalue weighted by atomic mass is 32.1. The number of benzene rings is 1. The highest BCUT2D eigenvalue weighted by Gasteiger charge is 2.09. The summed E-state index contributed by atoms with van der Waals surface area (Å²) in [5.74, 6) is 0.368. The molecule has 0 fully saturated rings. The average molecular weight is 322 g/mol. The SMILES string of the molecule is CCc1ccc2[nH]c3nc(N/N=C/c4cccs4)nnc3c2c1. The molecule has 23 heavy (non-hydrogen) atoms. The zero-order valence-corrected chi connectivity index (χ0v) is 13.3. The predicted octanol–water partition coefficient (Wildman–Crippen LogP) is 3.58. The monoisotopic (exact) mass is 322 g/mol. The van der Waals surface area contributed by atoms with Gasteiger partial charge in [-0.15, -0.1) is 21.5 Å². The van der Waals surface area contributed by atoms with Crippen molar-refractivity contribution in [2.24, 2.45) is 5.10 Å². The van der Waals surface area contributed by atoms with Gasteiger partial charge in [-0.05, 0) is 35.6 Å². The summed E-state index contributed by atoms with van der Waals surface area (Å²) < 4.78 is 0. The van der Waals surface area contributed by atoms with Crippen LogP contribution in [0.2, 0.25) is 0 Å². The van der Waals surface area contributed by atoms with Crippen LogP contribution in [0, 0.1) is 0 Å². The minimum absolute atomic E-state index is 0.368. The van der Waals surface area contributed by atoms with Crippen molar-refractivity contribution in [1.82, 2.24) is 20.2 Å². The summed E-state index contributed by atoms with van der Waals surface area (Å²) in [6.07, 6.45) is 2.72. The molecule has 0 amide bonds. The fourth-order valence-corrected chi connectivity index (χ4v) is 2.99. The third-order valence-corrected chi connectivity index (χ3v) is 4.39.